The summed E-state index contributed by atoms with van der Waals surface area (Å²) >= 11 is 0. The summed E-state index contributed by atoms with van der Waals surface area (Å²) in [4.78, 5) is 22.6. The zero-order chi connectivity index (χ0) is 13.4. The van der Waals surface area contributed by atoms with Crippen molar-refractivity contribution in [2.24, 2.45) is 0 Å². The van der Waals surface area contributed by atoms with E-state index in [4.69, 9.17) is 14.2 Å². The first kappa shape index (κ1) is 14.9. The first-order valence-corrected chi connectivity index (χ1v) is 6.30. The van der Waals surface area contributed by atoms with Crippen LogP contribution in [0.5, 0.6) is 0 Å². The largest absolute Gasteiger partial charge is 0.454 e. The maximum Gasteiger partial charge on any atom is 0.335 e. The molecule has 1 saturated heterocycles. The molecule has 1 N–H and O–H groups in total. The minimum Gasteiger partial charge on any atom is -0.454 e. The zero-order valence-electron chi connectivity index (χ0n) is 10.9. The van der Waals surface area contributed by atoms with Gasteiger partial charge >= 0.3 is 5.97 Å². The summed E-state index contributed by atoms with van der Waals surface area (Å²) in [5.74, 6) is -0.837. The van der Waals surface area contributed by atoms with Crippen LogP contribution in [-0.2, 0) is 23.8 Å². The number of nitrogens with one attached hydrogen (secondary N) is 1. The molecule has 2 atom stereocenters. The van der Waals surface area contributed by atoms with Gasteiger partial charge in [-0.15, -0.1) is 0 Å². The number of carbonyl (C=O) groups excluding carboxylic acids is 2. The topological polar surface area (TPSA) is 73.9 Å². The van der Waals surface area contributed by atoms with Gasteiger partial charge in [0.25, 0.3) is 5.91 Å². The highest BCUT2D eigenvalue weighted by molar-refractivity contribution is 5.81. The van der Waals surface area contributed by atoms with Crippen LogP contribution in [0.3, 0.4) is 0 Å². The van der Waals surface area contributed by atoms with Crippen molar-refractivity contribution in [3.05, 3.63) is 0 Å². The van der Waals surface area contributed by atoms with E-state index in [0.717, 1.165) is 19.4 Å². The summed E-state index contributed by atoms with van der Waals surface area (Å²) < 4.78 is 15.5. The van der Waals surface area contributed by atoms with Crippen LogP contribution in [0.15, 0.2) is 0 Å². The maximum absolute atomic E-state index is 11.5. The minimum absolute atomic E-state index is 0.0728. The monoisotopic (exact) mass is 259 g/mol. The molecule has 1 fully saturated rings. The van der Waals surface area contributed by atoms with Gasteiger partial charge in [-0.2, -0.15) is 0 Å². The van der Waals surface area contributed by atoms with Crippen LogP contribution in [0.25, 0.3) is 0 Å². The molecule has 0 spiro atoms. The molecule has 6 heteroatoms. The molecule has 104 valence electrons. The minimum atomic E-state index is -0.677. The number of esters is 1. The Morgan fingerprint density at radius 1 is 1.50 bits per heavy atom. The Bertz CT molecular complexity index is 276. The molecule has 0 saturated carbocycles. The molecule has 2 unspecified atom stereocenters. The van der Waals surface area contributed by atoms with Crippen LogP contribution >= 0.6 is 0 Å². The van der Waals surface area contributed by atoms with E-state index in [1.807, 2.05) is 0 Å². The number of ether oxygens (including phenoxy) is 3. The lowest BCUT2D eigenvalue weighted by molar-refractivity contribution is -0.160. The fourth-order valence-electron chi connectivity index (χ4n) is 1.60. The SMILES string of the molecule is CCNC(=O)COC(=O)C(C)OCC1CCCO1. The van der Waals surface area contributed by atoms with Crippen LogP contribution in [0.2, 0.25) is 0 Å². The quantitative estimate of drug-likeness (QED) is 0.663. The van der Waals surface area contributed by atoms with E-state index in [9.17, 15) is 9.59 Å². The predicted molar refractivity (Wildman–Crippen MR) is 64.0 cm³/mol. The summed E-state index contributed by atoms with van der Waals surface area (Å²) in [6, 6.07) is 0. The highest BCUT2D eigenvalue weighted by Gasteiger charge is 2.21. The Labute approximate surface area is 107 Å². The Morgan fingerprint density at radius 2 is 2.28 bits per heavy atom. The van der Waals surface area contributed by atoms with Crippen LogP contribution < -0.4 is 5.32 Å². The summed E-state index contributed by atoms with van der Waals surface area (Å²) in [6.45, 7) is 4.80. The highest BCUT2D eigenvalue weighted by Crippen LogP contribution is 2.12. The second-order valence-corrected chi connectivity index (χ2v) is 4.17. The van der Waals surface area contributed by atoms with E-state index < -0.39 is 12.1 Å². The fourth-order valence-corrected chi connectivity index (χ4v) is 1.60. The zero-order valence-corrected chi connectivity index (χ0v) is 10.9. The molecule has 1 amide bonds. The van der Waals surface area contributed by atoms with Gasteiger partial charge in [0.15, 0.2) is 12.7 Å². The van der Waals surface area contributed by atoms with Crippen LogP contribution in [0.4, 0.5) is 0 Å². The van der Waals surface area contributed by atoms with Crippen molar-refractivity contribution in [1.82, 2.24) is 5.32 Å². The van der Waals surface area contributed by atoms with Gasteiger partial charge in [-0.3, -0.25) is 4.79 Å². The van der Waals surface area contributed by atoms with E-state index in [1.54, 1.807) is 13.8 Å². The second kappa shape index (κ2) is 8.05. The summed E-state index contributed by atoms with van der Waals surface area (Å²) in [6.07, 6.45) is 1.39. The van der Waals surface area contributed by atoms with Gasteiger partial charge in [0.05, 0.1) is 12.7 Å². The van der Waals surface area contributed by atoms with Crippen molar-refractivity contribution in [1.29, 1.82) is 0 Å². The number of hydrogen-bond donors (Lipinski definition) is 1. The van der Waals surface area contributed by atoms with E-state index in [0.29, 0.717) is 13.2 Å². The molecular weight excluding hydrogens is 238 g/mol. The molecular formula is C12H21NO5. The average molecular weight is 259 g/mol. The van der Waals surface area contributed by atoms with E-state index in [1.165, 1.54) is 0 Å². The van der Waals surface area contributed by atoms with Crippen molar-refractivity contribution in [3.8, 4) is 0 Å². The average Bonchev–Trinajstić information content (AvgIpc) is 2.86. The third kappa shape index (κ3) is 5.46. The number of amides is 1. The Kier molecular flexibility index (Phi) is 6.67. The van der Waals surface area contributed by atoms with Crippen molar-refractivity contribution >= 4 is 11.9 Å². The van der Waals surface area contributed by atoms with Crippen LogP contribution in [0.1, 0.15) is 26.7 Å². The molecule has 6 nitrogen and oxygen atoms in total. The molecule has 0 aromatic carbocycles. The summed E-state index contributed by atoms with van der Waals surface area (Å²) in [5.41, 5.74) is 0. The van der Waals surface area contributed by atoms with Crippen molar-refractivity contribution in [2.45, 2.75) is 38.9 Å². The smallest absolute Gasteiger partial charge is 0.335 e. The maximum atomic E-state index is 11.5. The van der Waals surface area contributed by atoms with Gasteiger partial charge in [-0.05, 0) is 26.7 Å². The highest BCUT2D eigenvalue weighted by atomic mass is 16.6. The van der Waals surface area contributed by atoms with E-state index in [-0.39, 0.29) is 18.6 Å². The molecule has 1 aliphatic rings. The van der Waals surface area contributed by atoms with Crippen molar-refractivity contribution < 1.29 is 23.8 Å². The van der Waals surface area contributed by atoms with Crippen molar-refractivity contribution in [3.63, 3.8) is 0 Å². The van der Waals surface area contributed by atoms with Gasteiger partial charge in [0, 0.05) is 13.2 Å². The predicted octanol–water partition coefficient (Wildman–Crippen LogP) is 0.250. The molecule has 18 heavy (non-hydrogen) atoms. The van der Waals surface area contributed by atoms with Gasteiger partial charge in [0.1, 0.15) is 0 Å². The third-order valence-corrected chi connectivity index (χ3v) is 2.61. The molecule has 1 rings (SSSR count). The number of likely N-dealkylation sites (N-methyl/N-ethyl adjacent to an activating group) is 1. The molecule has 0 aliphatic carbocycles. The molecule has 1 aliphatic heterocycles. The van der Waals surface area contributed by atoms with E-state index in [2.05, 4.69) is 5.32 Å². The molecule has 0 aromatic heterocycles. The van der Waals surface area contributed by atoms with Crippen LogP contribution in [-0.4, -0.2) is 50.4 Å². The fraction of sp³-hybridized carbons (Fsp3) is 0.833. The van der Waals surface area contributed by atoms with Gasteiger partial charge < -0.3 is 19.5 Å². The summed E-state index contributed by atoms with van der Waals surface area (Å²) in [5, 5.41) is 2.54. The molecule has 0 aromatic rings. The van der Waals surface area contributed by atoms with Crippen molar-refractivity contribution in [2.75, 3.05) is 26.4 Å². The lowest BCUT2D eigenvalue weighted by Gasteiger charge is -2.15. The second-order valence-electron chi connectivity index (χ2n) is 4.17. The molecule has 0 radical (unpaired) electrons. The molecule has 0 bridgehead atoms. The van der Waals surface area contributed by atoms with E-state index >= 15 is 0 Å². The normalized spacial score (nSPS) is 20.4. The Hall–Kier alpha value is -1.14. The summed E-state index contributed by atoms with van der Waals surface area (Å²) in [7, 11) is 0. The first-order chi connectivity index (χ1) is 8.63. The number of rotatable bonds is 7. The lowest BCUT2D eigenvalue weighted by Crippen LogP contribution is -2.32. The lowest BCUT2D eigenvalue weighted by atomic mass is 10.2. The van der Waals surface area contributed by atoms with Gasteiger partial charge in [-0.1, -0.05) is 0 Å². The Balaban J connectivity index is 2.13. The van der Waals surface area contributed by atoms with Crippen LogP contribution in [0, 0.1) is 0 Å². The van der Waals surface area contributed by atoms with Gasteiger partial charge in [0.2, 0.25) is 0 Å². The standard InChI is InChI=1S/C12H21NO5/c1-3-13-11(14)8-18-12(15)9(2)17-7-10-5-4-6-16-10/h9-10H,3-8H2,1-2H3,(H,13,14). The first-order valence-electron chi connectivity index (χ1n) is 6.30. The Morgan fingerprint density at radius 3 is 2.89 bits per heavy atom. The van der Waals surface area contributed by atoms with Gasteiger partial charge in [-0.25, -0.2) is 4.79 Å². The number of carbonyl (C=O) groups is 2. The number of hydrogen-bond acceptors (Lipinski definition) is 5. The third-order valence-electron chi connectivity index (χ3n) is 2.61. The molecule has 1 heterocycles.